The van der Waals surface area contributed by atoms with Crippen LogP contribution < -0.4 is 10.5 Å². The number of nitrogens with zero attached hydrogens (tertiary/aromatic N) is 1. The second-order valence-corrected chi connectivity index (χ2v) is 4.06. The molecule has 0 amide bonds. The first kappa shape index (κ1) is 14.8. The average Bonchev–Trinajstić information content (AvgIpc) is 2.28. The smallest absolute Gasteiger partial charge is 0.405 e. The predicted molar refractivity (Wildman–Crippen MR) is 63.4 cm³/mol. The summed E-state index contributed by atoms with van der Waals surface area (Å²) < 4.78 is 43.0. The van der Waals surface area contributed by atoms with Crippen LogP contribution in [0.4, 0.5) is 13.2 Å². The molecule has 0 saturated heterocycles. The molecule has 1 aromatic rings. The van der Waals surface area contributed by atoms with Gasteiger partial charge in [0.2, 0.25) is 0 Å². The minimum absolute atomic E-state index is 0.165. The van der Waals surface area contributed by atoms with Gasteiger partial charge in [-0.2, -0.15) is 13.2 Å². The van der Waals surface area contributed by atoms with Crippen LogP contribution in [0.1, 0.15) is 5.56 Å². The molecule has 1 atom stereocenters. The highest BCUT2D eigenvalue weighted by Gasteiger charge is 2.41. The molecule has 0 aliphatic heterocycles. The number of methoxy groups -OCH3 is 1. The molecule has 0 radical (unpaired) electrons. The Balaban J connectivity index is 2.76. The van der Waals surface area contributed by atoms with Crippen molar-refractivity contribution in [1.82, 2.24) is 4.90 Å². The zero-order valence-corrected chi connectivity index (χ0v) is 10.4. The highest BCUT2D eigenvalue weighted by Crippen LogP contribution is 2.25. The molecule has 1 unspecified atom stereocenters. The molecule has 0 heterocycles. The van der Waals surface area contributed by atoms with Gasteiger partial charge < -0.3 is 10.5 Å². The van der Waals surface area contributed by atoms with Crippen LogP contribution in [0.15, 0.2) is 24.3 Å². The van der Waals surface area contributed by atoms with Crippen LogP contribution in [-0.2, 0) is 6.54 Å². The average molecular weight is 262 g/mol. The third-order valence-electron chi connectivity index (χ3n) is 2.70. The molecule has 6 heteroatoms. The van der Waals surface area contributed by atoms with E-state index in [1.54, 1.807) is 24.3 Å². The molecular formula is C12H17F3N2O. The van der Waals surface area contributed by atoms with Gasteiger partial charge in [-0.3, -0.25) is 4.90 Å². The Morgan fingerprint density at radius 2 is 2.06 bits per heavy atom. The molecule has 0 aliphatic carbocycles. The van der Waals surface area contributed by atoms with Gasteiger partial charge in [0.25, 0.3) is 0 Å². The van der Waals surface area contributed by atoms with E-state index in [1.165, 1.54) is 19.1 Å². The molecule has 0 aliphatic rings. The van der Waals surface area contributed by atoms with Crippen LogP contribution in [0, 0.1) is 0 Å². The zero-order valence-electron chi connectivity index (χ0n) is 10.4. The Morgan fingerprint density at radius 1 is 1.39 bits per heavy atom. The van der Waals surface area contributed by atoms with Crippen LogP contribution in [0.25, 0.3) is 0 Å². The third kappa shape index (κ3) is 3.89. The van der Waals surface area contributed by atoms with Crippen molar-refractivity contribution in [3.63, 3.8) is 0 Å². The van der Waals surface area contributed by atoms with Crippen molar-refractivity contribution in [1.29, 1.82) is 0 Å². The first-order valence-corrected chi connectivity index (χ1v) is 5.48. The van der Waals surface area contributed by atoms with Gasteiger partial charge in [-0.25, -0.2) is 0 Å². The van der Waals surface area contributed by atoms with Gasteiger partial charge >= 0.3 is 6.18 Å². The van der Waals surface area contributed by atoms with Crippen molar-refractivity contribution in [2.24, 2.45) is 5.73 Å². The monoisotopic (exact) mass is 262 g/mol. The van der Waals surface area contributed by atoms with Crippen molar-refractivity contribution < 1.29 is 17.9 Å². The van der Waals surface area contributed by atoms with E-state index in [2.05, 4.69) is 0 Å². The van der Waals surface area contributed by atoms with Crippen LogP contribution in [-0.4, -0.2) is 37.8 Å². The van der Waals surface area contributed by atoms with Crippen molar-refractivity contribution in [3.05, 3.63) is 29.8 Å². The Hall–Kier alpha value is -1.27. The predicted octanol–water partition coefficient (Wildman–Crippen LogP) is 2.02. The molecule has 0 spiro atoms. The van der Waals surface area contributed by atoms with E-state index >= 15 is 0 Å². The summed E-state index contributed by atoms with van der Waals surface area (Å²) >= 11 is 0. The number of halogens is 3. The third-order valence-corrected chi connectivity index (χ3v) is 2.70. The summed E-state index contributed by atoms with van der Waals surface area (Å²) in [6.07, 6.45) is -4.32. The van der Waals surface area contributed by atoms with E-state index in [-0.39, 0.29) is 6.54 Å². The number of ether oxygens (including phenoxy) is 1. The molecular weight excluding hydrogens is 245 g/mol. The minimum atomic E-state index is -4.32. The molecule has 3 nitrogen and oxygen atoms in total. The van der Waals surface area contributed by atoms with Crippen LogP contribution in [0.2, 0.25) is 0 Å². The number of hydrogen-bond acceptors (Lipinski definition) is 3. The lowest BCUT2D eigenvalue weighted by atomic mass is 10.1. The highest BCUT2D eigenvalue weighted by atomic mass is 19.4. The number of hydrogen-bond donors (Lipinski definition) is 1. The maximum absolute atomic E-state index is 12.7. The minimum Gasteiger partial charge on any atom is -0.497 e. The zero-order chi connectivity index (χ0) is 13.8. The summed E-state index contributed by atoms with van der Waals surface area (Å²) in [4.78, 5) is 1.19. The fourth-order valence-corrected chi connectivity index (χ4v) is 1.73. The van der Waals surface area contributed by atoms with Crippen LogP contribution in [0.3, 0.4) is 0 Å². The Bertz CT molecular complexity index is 382. The van der Waals surface area contributed by atoms with Gasteiger partial charge in [0, 0.05) is 13.1 Å². The molecule has 102 valence electrons. The summed E-state index contributed by atoms with van der Waals surface area (Å²) in [5.74, 6) is 0.622. The highest BCUT2D eigenvalue weighted by molar-refractivity contribution is 5.28. The summed E-state index contributed by atoms with van der Waals surface area (Å²) in [7, 11) is 2.92. The lowest BCUT2D eigenvalue weighted by Crippen LogP contribution is -2.48. The van der Waals surface area contributed by atoms with Gasteiger partial charge in [-0.1, -0.05) is 12.1 Å². The molecule has 0 fully saturated rings. The maximum Gasteiger partial charge on any atom is 0.405 e. The molecule has 0 saturated carbocycles. The lowest BCUT2D eigenvalue weighted by molar-refractivity contribution is -0.178. The second kappa shape index (κ2) is 6.06. The van der Waals surface area contributed by atoms with Crippen LogP contribution in [0.5, 0.6) is 5.75 Å². The lowest BCUT2D eigenvalue weighted by Gasteiger charge is -2.28. The largest absolute Gasteiger partial charge is 0.497 e. The first-order chi connectivity index (χ1) is 8.38. The van der Waals surface area contributed by atoms with Gasteiger partial charge in [-0.05, 0) is 24.7 Å². The van der Waals surface area contributed by atoms with E-state index in [0.29, 0.717) is 5.75 Å². The molecule has 2 N–H and O–H groups in total. The van der Waals surface area contributed by atoms with Crippen LogP contribution >= 0.6 is 0 Å². The molecule has 1 rings (SSSR count). The summed E-state index contributed by atoms with van der Waals surface area (Å²) in [5, 5.41) is 0. The number of rotatable bonds is 5. The van der Waals surface area contributed by atoms with Crippen molar-refractivity contribution >= 4 is 0 Å². The van der Waals surface area contributed by atoms with Crippen molar-refractivity contribution in [3.8, 4) is 5.75 Å². The Kier molecular flexibility index (Phi) is 4.98. The maximum atomic E-state index is 12.7. The van der Waals surface area contributed by atoms with E-state index in [1.807, 2.05) is 0 Å². The topological polar surface area (TPSA) is 38.5 Å². The van der Waals surface area contributed by atoms with Gasteiger partial charge in [0.15, 0.2) is 0 Å². The van der Waals surface area contributed by atoms with Gasteiger partial charge in [0.1, 0.15) is 11.8 Å². The second-order valence-electron chi connectivity index (χ2n) is 4.06. The van der Waals surface area contributed by atoms with E-state index in [0.717, 1.165) is 5.56 Å². The Labute approximate surface area is 104 Å². The van der Waals surface area contributed by atoms with Gasteiger partial charge in [-0.15, -0.1) is 0 Å². The molecule has 0 aromatic heterocycles. The number of likely N-dealkylation sites (N-methyl/N-ethyl adjacent to an activating group) is 1. The summed E-state index contributed by atoms with van der Waals surface area (Å²) in [5.41, 5.74) is 5.93. The fraction of sp³-hybridized carbons (Fsp3) is 0.500. The van der Waals surface area contributed by atoms with E-state index in [4.69, 9.17) is 10.5 Å². The number of benzene rings is 1. The summed E-state index contributed by atoms with van der Waals surface area (Å²) in [6.45, 7) is -0.289. The standard InChI is InChI=1S/C12H17F3N2O/c1-17(11(7-16)12(13,14)15)8-9-4-3-5-10(6-9)18-2/h3-6,11H,7-8,16H2,1-2H3. The first-order valence-electron chi connectivity index (χ1n) is 5.48. The summed E-state index contributed by atoms with van der Waals surface area (Å²) in [6, 6.07) is 5.31. The van der Waals surface area contributed by atoms with E-state index < -0.39 is 18.8 Å². The molecule has 1 aromatic carbocycles. The quantitative estimate of drug-likeness (QED) is 0.882. The normalized spacial score (nSPS) is 13.7. The van der Waals surface area contributed by atoms with Crippen molar-refractivity contribution in [2.45, 2.75) is 18.8 Å². The number of nitrogens with two attached hydrogens (primary N) is 1. The van der Waals surface area contributed by atoms with Crippen molar-refractivity contribution in [2.75, 3.05) is 20.7 Å². The van der Waals surface area contributed by atoms with Gasteiger partial charge in [0.05, 0.1) is 7.11 Å². The Morgan fingerprint density at radius 3 is 2.56 bits per heavy atom. The SMILES string of the molecule is COc1cccc(CN(C)C(CN)C(F)(F)F)c1. The molecule has 18 heavy (non-hydrogen) atoms. The fourth-order valence-electron chi connectivity index (χ4n) is 1.73. The van der Waals surface area contributed by atoms with E-state index in [9.17, 15) is 13.2 Å². The number of alkyl halides is 3. The molecule has 0 bridgehead atoms.